The summed E-state index contributed by atoms with van der Waals surface area (Å²) in [4.78, 5) is 29.6. The van der Waals surface area contributed by atoms with E-state index in [1.807, 2.05) is 19.1 Å². The van der Waals surface area contributed by atoms with Gasteiger partial charge in [-0.25, -0.2) is 4.39 Å². The highest BCUT2D eigenvalue weighted by atomic mass is 19.1. The third-order valence-corrected chi connectivity index (χ3v) is 5.58. The molecule has 0 N–H and O–H groups in total. The van der Waals surface area contributed by atoms with Crippen LogP contribution in [0.1, 0.15) is 40.5 Å². The molecule has 1 aliphatic rings. The number of aryl methyl sites for hydroxylation is 1. The third-order valence-electron chi connectivity index (χ3n) is 5.58. The molecule has 0 saturated carbocycles. The summed E-state index contributed by atoms with van der Waals surface area (Å²) in [6.07, 6.45) is 3.08. The van der Waals surface area contributed by atoms with Crippen LogP contribution < -0.4 is 0 Å². The highest BCUT2D eigenvalue weighted by Gasteiger charge is 2.28. The molecule has 1 unspecified atom stereocenters. The summed E-state index contributed by atoms with van der Waals surface area (Å²) in [5, 5.41) is 0. The molecule has 0 spiro atoms. The van der Waals surface area contributed by atoms with Gasteiger partial charge in [0.15, 0.2) is 5.76 Å². The molecule has 0 bridgehead atoms. The minimum Gasteiger partial charge on any atom is -0.464 e. The molecule has 1 saturated heterocycles. The van der Waals surface area contributed by atoms with E-state index in [1.165, 1.54) is 23.3 Å². The Morgan fingerprint density at radius 1 is 1.06 bits per heavy atom. The zero-order valence-electron chi connectivity index (χ0n) is 18.5. The molecule has 2 amide bonds. The monoisotopic (exact) mass is 454 g/mol. The Morgan fingerprint density at radius 3 is 2.52 bits per heavy atom. The Balaban J connectivity index is 1.53. The van der Waals surface area contributed by atoms with E-state index >= 15 is 0 Å². The van der Waals surface area contributed by atoms with Crippen molar-refractivity contribution in [3.8, 4) is 0 Å². The van der Waals surface area contributed by atoms with Crippen molar-refractivity contribution in [3.05, 3.63) is 83.5 Å². The number of ether oxygens (including phenoxy) is 1. The zero-order valence-corrected chi connectivity index (χ0v) is 18.5. The van der Waals surface area contributed by atoms with Crippen molar-refractivity contribution in [1.29, 1.82) is 0 Å². The highest BCUT2D eigenvalue weighted by molar-refractivity contribution is 5.94. The van der Waals surface area contributed by atoms with E-state index in [0.717, 1.165) is 24.2 Å². The first-order valence-electron chi connectivity index (χ1n) is 11.0. The van der Waals surface area contributed by atoms with Gasteiger partial charge in [-0.1, -0.05) is 12.1 Å². The van der Waals surface area contributed by atoms with Crippen LogP contribution in [0.2, 0.25) is 0 Å². The molecule has 1 fully saturated rings. The second-order valence-electron chi connectivity index (χ2n) is 8.19. The normalized spacial score (nSPS) is 15.5. The summed E-state index contributed by atoms with van der Waals surface area (Å²) in [5.41, 5.74) is 0.774. The number of hydrogen-bond acceptors (Lipinski definition) is 5. The van der Waals surface area contributed by atoms with Gasteiger partial charge in [0.05, 0.1) is 18.9 Å². The van der Waals surface area contributed by atoms with E-state index in [0.29, 0.717) is 18.9 Å². The van der Waals surface area contributed by atoms with Gasteiger partial charge in [-0.05, 0) is 61.7 Å². The van der Waals surface area contributed by atoms with Gasteiger partial charge in [-0.2, -0.15) is 0 Å². The maximum Gasteiger partial charge on any atom is 0.290 e. The van der Waals surface area contributed by atoms with Gasteiger partial charge in [0, 0.05) is 19.7 Å². The predicted molar refractivity (Wildman–Crippen MR) is 118 cm³/mol. The minimum atomic E-state index is -0.362. The van der Waals surface area contributed by atoms with Crippen LogP contribution in [0, 0.1) is 12.7 Å². The molecule has 1 atom stereocenters. The topological polar surface area (TPSA) is 76.1 Å². The van der Waals surface area contributed by atoms with Crippen LogP contribution in [0.25, 0.3) is 0 Å². The first kappa shape index (κ1) is 22.8. The van der Waals surface area contributed by atoms with E-state index in [4.69, 9.17) is 13.6 Å². The van der Waals surface area contributed by atoms with E-state index in [-0.39, 0.29) is 49.1 Å². The van der Waals surface area contributed by atoms with Gasteiger partial charge in [-0.3, -0.25) is 9.59 Å². The van der Waals surface area contributed by atoms with Gasteiger partial charge in [-0.15, -0.1) is 0 Å². The van der Waals surface area contributed by atoms with E-state index < -0.39 is 0 Å². The quantitative estimate of drug-likeness (QED) is 0.485. The summed E-state index contributed by atoms with van der Waals surface area (Å²) >= 11 is 0. The molecule has 4 rings (SSSR count). The summed E-state index contributed by atoms with van der Waals surface area (Å²) < 4.78 is 30.0. The van der Waals surface area contributed by atoms with Crippen molar-refractivity contribution in [2.24, 2.45) is 0 Å². The molecular weight excluding hydrogens is 427 g/mol. The molecular formula is C25H27FN2O5. The number of nitrogens with zero attached hydrogens (tertiary/aromatic N) is 2. The van der Waals surface area contributed by atoms with Crippen LogP contribution in [0.4, 0.5) is 4.39 Å². The van der Waals surface area contributed by atoms with Crippen molar-refractivity contribution < 1.29 is 27.6 Å². The Bertz CT molecular complexity index is 1050. The zero-order chi connectivity index (χ0) is 23.2. The van der Waals surface area contributed by atoms with Crippen LogP contribution in [-0.4, -0.2) is 47.4 Å². The number of rotatable bonds is 9. The van der Waals surface area contributed by atoms with Crippen LogP contribution >= 0.6 is 0 Å². The third kappa shape index (κ3) is 6.10. The van der Waals surface area contributed by atoms with Crippen LogP contribution in [0.15, 0.2) is 63.6 Å². The Kier molecular flexibility index (Phi) is 7.24. The average Bonchev–Trinajstić information content (AvgIpc) is 3.57. The summed E-state index contributed by atoms with van der Waals surface area (Å²) in [6, 6.07) is 12.9. The Hall–Kier alpha value is -3.39. The van der Waals surface area contributed by atoms with E-state index in [1.54, 1.807) is 29.2 Å². The smallest absolute Gasteiger partial charge is 0.290 e. The van der Waals surface area contributed by atoms with Gasteiger partial charge >= 0.3 is 0 Å². The second-order valence-corrected chi connectivity index (χ2v) is 8.19. The van der Waals surface area contributed by atoms with Crippen molar-refractivity contribution in [2.45, 2.75) is 39.0 Å². The minimum absolute atomic E-state index is 0.116. The molecule has 2 aromatic heterocycles. The predicted octanol–water partition coefficient (Wildman–Crippen LogP) is 4.17. The molecule has 1 aromatic carbocycles. The fourth-order valence-electron chi connectivity index (χ4n) is 3.87. The number of carbonyl (C=O) groups is 2. The molecule has 1 aliphatic heterocycles. The fraction of sp³-hybridized carbons (Fsp3) is 0.360. The summed E-state index contributed by atoms with van der Waals surface area (Å²) in [7, 11) is 0. The van der Waals surface area contributed by atoms with E-state index in [9.17, 15) is 14.0 Å². The second kappa shape index (κ2) is 10.5. The van der Waals surface area contributed by atoms with Crippen LogP contribution in [0.3, 0.4) is 0 Å². The van der Waals surface area contributed by atoms with E-state index in [2.05, 4.69) is 0 Å². The van der Waals surface area contributed by atoms with Crippen molar-refractivity contribution in [2.75, 3.05) is 19.7 Å². The first-order valence-corrected chi connectivity index (χ1v) is 11.0. The first-order chi connectivity index (χ1) is 16.0. The molecule has 8 heteroatoms. The maximum absolute atomic E-state index is 13.4. The van der Waals surface area contributed by atoms with Gasteiger partial charge in [0.1, 0.15) is 23.9 Å². The number of benzene rings is 1. The molecule has 7 nitrogen and oxygen atoms in total. The molecule has 0 aliphatic carbocycles. The SMILES string of the molecule is Cc1ccc(CN(Cc2ccc(F)cc2)C(=O)CN(CC2CCCO2)C(=O)c2ccco2)o1. The summed E-state index contributed by atoms with van der Waals surface area (Å²) in [6.45, 7) is 3.13. The molecule has 3 aromatic rings. The maximum atomic E-state index is 13.4. The Labute approximate surface area is 191 Å². The number of carbonyl (C=O) groups excluding carboxylic acids is 2. The highest BCUT2D eigenvalue weighted by Crippen LogP contribution is 2.18. The molecule has 174 valence electrons. The number of amides is 2. The molecule has 33 heavy (non-hydrogen) atoms. The molecule has 0 radical (unpaired) electrons. The standard InChI is InChI=1S/C25H27FN2O5/c1-18-6-11-22(33-18)16-27(14-19-7-9-20(26)10-8-19)24(29)17-28(15-21-4-2-12-31-21)25(30)23-5-3-13-32-23/h3,5-11,13,21H,2,4,12,14-17H2,1H3. The lowest BCUT2D eigenvalue weighted by Gasteiger charge is -2.28. The average molecular weight is 454 g/mol. The molecule has 3 heterocycles. The number of hydrogen-bond donors (Lipinski definition) is 0. The van der Waals surface area contributed by atoms with Crippen LogP contribution in [-0.2, 0) is 22.6 Å². The number of furan rings is 2. The fourth-order valence-corrected chi connectivity index (χ4v) is 3.87. The van der Waals surface area contributed by atoms with Gasteiger partial charge < -0.3 is 23.4 Å². The lowest BCUT2D eigenvalue weighted by Crippen LogP contribution is -2.45. The van der Waals surface area contributed by atoms with Gasteiger partial charge in [0.25, 0.3) is 5.91 Å². The lowest BCUT2D eigenvalue weighted by molar-refractivity contribution is -0.133. The van der Waals surface area contributed by atoms with Crippen molar-refractivity contribution in [1.82, 2.24) is 9.80 Å². The largest absolute Gasteiger partial charge is 0.464 e. The van der Waals surface area contributed by atoms with Crippen molar-refractivity contribution in [3.63, 3.8) is 0 Å². The van der Waals surface area contributed by atoms with Crippen LogP contribution in [0.5, 0.6) is 0 Å². The number of halogens is 1. The van der Waals surface area contributed by atoms with Crippen molar-refractivity contribution >= 4 is 11.8 Å². The summed E-state index contributed by atoms with van der Waals surface area (Å²) in [5.74, 6) is 0.585. The Morgan fingerprint density at radius 2 is 1.88 bits per heavy atom. The van der Waals surface area contributed by atoms with Gasteiger partial charge in [0.2, 0.25) is 5.91 Å². The lowest BCUT2D eigenvalue weighted by atomic mass is 10.2.